The molecule has 7 rings (SSSR count). The molecule has 3 aromatic heterocycles. The Morgan fingerprint density at radius 2 is 2.02 bits per heavy atom. The van der Waals surface area contributed by atoms with Gasteiger partial charge in [0.15, 0.2) is 5.82 Å². The van der Waals surface area contributed by atoms with Crippen LogP contribution in [0.25, 0.3) is 33.6 Å². The van der Waals surface area contributed by atoms with Crippen LogP contribution >= 0.6 is 0 Å². The summed E-state index contributed by atoms with van der Waals surface area (Å²) in [5, 5.41) is 14.6. The normalized spacial score (nSPS) is 17.4. The summed E-state index contributed by atoms with van der Waals surface area (Å²) < 4.78 is 21.7. The van der Waals surface area contributed by atoms with E-state index in [9.17, 15) is 0 Å². The van der Waals surface area contributed by atoms with Gasteiger partial charge in [0.25, 0.3) is 0 Å². The molecule has 1 aliphatic heterocycles. The molecule has 0 radical (unpaired) electrons. The molecule has 8 nitrogen and oxygen atoms in total. The van der Waals surface area contributed by atoms with Crippen molar-refractivity contribution in [1.82, 2.24) is 30.8 Å². The lowest BCUT2D eigenvalue weighted by Crippen LogP contribution is -2.23. The first-order valence-electron chi connectivity index (χ1n) is 14.1. The fourth-order valence-electron chi connectivity index (χ4n) is 6.01. The molecule has 0 atom stereocenters. The fraction of sp³-hybridized carbons (Fsp3) is 0.250. The summed E-state index contributed by atoms with van der Waals surface area (Å²) in [6.07, 6.45) is 20.6. The summed E-state index contributed by atoms with van der Waals surface area (Å²) in [6.45, 7) is 1.75. The summed E-state index contributed by atoms with van der Waals surface area (Å²) in [4.78, 5) is 8.26. The molecule has 0 unspecified atom stereocenters. The van der Waals surface area contributed by atoms with Crippen LogP contribution in [-0.2, 0) is 6.42 Å². The van der Waals surface area contributed by atoms with Gasteiger partial charge >= 0.3 is 0 Å². The van der Waals surface area contributed by atoms with E-state index in [-0.39, 0.29) is 5.82 Å². The van der Waals surface area contributed by atoms with Crippen LogP contribution in [0.4, 0.5) is 4.39 Å². The van der Waals surface area contributed by atoms with Crippen molar-refractivity contribution in [3.05, 3.63) is 107 Å². The number of allylic oxidation sites excluding steroid dienone is 5. The van der Waals surface area contributed by atoms with Crippen LogP contribution in [0.5, 0.6) is 0 Å². The van der Waals surface area contributed by atoms with Gasteiger partial charge in [0, 0.05) is 59.0 Å². The van der Waals surface area contributed by atoms with Crippen LogP contribution in [0.15, 0.2) is 83.1 Å². The van der Waals surface area contributed by atoms with E-state index in [4.69, 9.17) is 15.1 Å². The number of aromatic amines is 2. The van der Waals surface area contributed by atoms with Crippen LogP contribution < -0.4 is 16.4 Å². The third kappa shape index (κ3) is 4.93. The summed E-state index contributed by atoms with van der Waals surface area (Å²) in [7, 11) is 0. The predicted molar refractivity (Wildman–Crippen MR) is 159 cm³/mol. The van der Waals surface area contributed by atoms with Gasteiger partial charge in [0.1, 0.15) is 11.5 Å². The van der Waals surface area contributed by atoms with Crippen molar-refractivity contribution in [3.63, 3.8) is 0 Å². The minimum absolute atomic E-state index is 0.354. The first kappa shape index (κ1) is 25.3. The van der Waals surface area contributed by atoms with E-state index in [1.165, 1.54) is 25.7 Å². The number of nitrogens with zero attached hydrogens (tertiary/aromatic N) is 2. The number of imidazole rings is 1. The Bertz CT molecular complexity index is 1740. The van der Waals surface area contributed by atoms with Crippen molar-refractivity contribution >= 4 is 22.0 Å². The summed E-state index contributed by atoms with van der Waals surface area (Å²) in [6, 6.07) is 5.53. The molecule has 1 fully saturated rings. The Hall–Kier alpha value is -4.63. The van der Waals surface area contributed by atoms with Crippen LogP contribution in [0.2, 0.25) is 0 Å². The second-order valence-electron chi connectivity index (χ2n) is 10.9. The van der Waals surface area contributed by atoms with E-state index in [1.807, 2.05) is 48.8 Å². The minimum Gasteiger partial charge on any atom is -0.472 e. The topological polar surface area (TPSA) is 121 Å². The van der Waals surface area contributed by atoms with Crippen molar-refractivity contribution in [1.29, 1.82) is 0 Å². The zero-order valence-electron chi connectivity index (χ0n) is 22.6. The van der Waals surface area contributed by atoms with Crippen LogP contribution in [0.1, 0.15) is 48.2 Å². The van der Waals surface area contributed by atoms with Gasteiger partial charge in [-0.2, -0.15) is 5.10 Å². The number of hydrogen-bond donors (Lipinski definition) is 5. The summed E-state index contributed by atoms with van der Waals surface area (Å²) in [5.41, 5.74) is 13.6. The minimum atomic E-state index is -0.354. The fourth-order valence-corrected chi connectivity index (χ4v) is 6.01. The van der Waals surface area contributed by atoms with Crippen molar-refractivity contribution < 1.29 is 8.81 Å². The Morgan fingerprint density at radius 1 is 1.12 bits per heavy atom. The molecule has 0 saturated heterocycles. The van der Waals surface area contributed by atoms with Crippen molar-refractivity contribution in [2.45, 2.75) is 32.1 Å². The molecule has 1 aromatic carbocycles. The Balaban J connectivity index is 1.22. The SMILES string of the molecule is NC1=CC=C(c2ccoc2)c2nc(-c3n[nH]c4ccc(C5=CNC=CC(CNCC6CCCC6)=C5)c(F)c34)[nH]c2C1. The number of rotatable bonds is 7. The predicted octanol–water partition coefficient (Wildman–Crippen LogP) is 5.68. The zero-order valence-corrected chi connectivity index (χ0v) is 22.6. The van der Waals surface area contributed by atoms with Crippen molar-refractivity contribution in [2.24, 2.45) is 11.7 Å². The number of fused-ring (bicyclic) bond motifs is 2. The number of nitrogens with two attached hydrogens (primary N) is 1. The van der Waals surface area contributed by atoms with E-state index in [2.05, 4.69) is 25.8 Å². The number of H-pyrrole nitrogens is 2. The van der Waals surface area contributed by atoms with Crippen LogP contribution in [0.3, 0.4) is 0 Å². The van der Waals surface area contributed by atoms with Crippen LogP contribution in [-0.4, -0.2) is 33.3 Å². The Morgan fingerprint density at radius 3 is 2.88 bits per heavy atom. The van der Waals surface area contributed by atoms with E-state index in [0.717, 1.165) is 52.7 Å². The molecule has 4 heterocycles. The van der Waals surface area contributed by atoms with Gasteiger partial charge < -0.3 is 25.8 Å². The molecule has 6 N–H and O–H groups in total. The number of hydrogen-bond acceptors (Lipinski definition) is 6. The summed E-state index contributed by atoms with van der Waals surface area (Å²) in [5.74, 6) is 0.879. The van der Waals surface area contributed by atoms with Gasteiger partial charge in [-0.1, -0.05) is 18.9 Å². The highest BCUT2D eigenvalue weighted by molar-refractivity contribution is 5.95. The average molecular weight is 550 g/mol. The maximum atomic E-state index is 16.4. The lowest BCUT2D eigenvalue weighted by atomic mass is 10.0. The maximum absolute atomic E-state index is 16.4. The highest BCUT2D eigenvalue weighted by Crippen LogP contribution is 2.35. The zero-order chi connectivity index (χ0) is 27.8. The number of aromatic nitrogens is 4. The van der Waals surface area contributed by atoms with Gasteiger partial charge in [-0.15, -0.1) is 0 Å². The molecule has 0 amide bonds. The third-order valence-electron chi connectivity index (χ3n) is 8.12. The Kier molecular flexibility index (Phi) is 6.64. The molecule has 2 aliphatic carbocycles. The molecule has 9 heteroatoms. The van der Waals surface area contributed by atoms with Gasteiger partial charge in [0.2, 0.25) is 0 Å². The number of benzene rings is 1. The first-order chi connectivity index (χ1) is 20.1. The monoisotopic (exact) mass is 549 g/mol. The van der Waals surface area contributed by atoms with Crippen LogP contribution in [0, 0.1) is 11.7 Å². The molecule has 41 heavy (non-hydrogen) atoms. The molecule has 208 valence electrons. The molecule has 4 aromatic rings. The van der Waals surface area contributed by atoms with Crippen molar-refractivity contribution in [2.75, 3.05) is 13.1 Å². The van der Waals surface area contributed by atoms with E-state index in [0.29, 0.717) is 40.1 Å². The average Bonchev–Trinajstić information content (AvgIpc) is 3.77. The van der Waals surface area contributed by atoms with Gasteiger partial charge in [-0.25, -0.2) is 9.37 Å². The van der Waals surface area contributed by atoms with E-state index in [1.54, 1.807) is 18.6 Å². The van der Waals surface area contributed by atoms with E-state index >= 15 is 4.39 Å². The lowest BCUT2D eigenvalue weighted by molar-refractivity contribution is 0.503. The molecule has 0 spiro atoms. The second-order valence-corrected chi connectivity index (χ2v) is 10.9. The number of halogens is 1. The van der Waals surface area contributed by atoms with Crippen molar-refractivity contribution in [3.8, 4) is 11.5 Å². The molecule has 0 bridgehead atoms. The second kappa shape index (κ2) is 10.7. The highest BCUT2D eigenvalue weighted by atomic mass is 19.1. The molecule has 1 saturated carbocycles. The standard InChI is InChI=1S/C32H32FN7O/c33-29-24(22-13-20(9-11-35-17-22)16-36-15-19-3-1-2-4-19)7-8-26-28(29)31(40-39-26)32-37-27-14-23(34)5-6-25(30(27)38-32)21-10-12-41-18-21/h5-13,17-19,35-36H,1-4,14-16,34H2,(H,37,38)(H,39,40). The van der Waals surface area contributed by atoms with Gasteiger partial charge in [-0.05, 0) is 67.3 Å². The summed E-state index contributed by atoms with van der Waals surface area (Å²) >= 11 is 0. The smallest absolute Gasteiger partial charge is 0.159 e. The lowest BCUT2D eigenvalue weighted by Gasteiger charge is -2.11. The molecular formula is C32H32FN7O. The quantitative estimate of drug-likeness (QED) is 0.202. The van der Waals surface area contributed by atoms with Gasteiger partial charge in [-0.3, -0.25) is 5.10 Å². The number of furan rings is 1. The third-order valence-corrected chi connectivity index (χ3v) is 8.12. The van der Waals surface area contributed by atoms with Gasteiger partial charge in [0.05, 0.1) is 29.1 Å². The Labute approximate surface area is 237 Å². The van der Waals surface area contributed by atoms with E-state index < -0.39 is 0 Å². The largest absolute Gasteiger partial charge is 0.472 e. The first-order valence-corrected chi connectivity index (χ1v) is 14.1. The number of nitrogens with one attached hydrogen (secondary N) is 4. The molecule has 3 aliphatic rings. The maximum Gasteiger partial charge on any atom is 0.159 e. The molecular weight excluding hydrogens is 517 g/mol. The highest BCUT2D eigenvalue weighted by Gasteiger charge is 2.24.